The summed E-state index contributed by atoms with van der Waals surface area (Å²) in [5, 5.41) is 0. The maximum atomic E-state index is 10.6. The first kappa shape index (κ1) is 12.9. The molecule has 1 aromatic carbocycles. The molecule has 6 heteroatoms. The van der Waals surface area contributed by atoms with Crippen molar-refractivity contribution in [3.05, 3.63) is 24.2 Å². The molecule has 100 valence electrons. The Labute approximate surface area is 110 Å². The smallest absolute Gasteiger partial charge is 0.203 e. The van der Waals surface area contributed by atoms with E-state index in [0.717, 1.165) is 5.56 Å². The molecule has 0 bridgehead atoms. The summed E-state index contributed by atoms with van der Waals surface area (Å²) in [7, 11) is 4.63. The van der Waals surface area contributed by atoms with Crippen LogP contribution in [-0.4, -0.2) is 37.6 Å². The maximum Gasteiger partial charge on any atom is 0.203 e. The number of imidazole rings is 1. The highest BCUT2D eigenvalue weighted by molar-refractivity contribution is 5.73. The Morgan fingerprint density at radius 3 is 2.16 bits per heavy atom. The number of methoxy groups -OCH3 is 3. The molecule has 2 rings (SSSR count). The van der Waals surface area contributed by atoms with Crippen LogP contribution in [0, 0.1) is 0 Å². The number of ether oxygens (including phenoxy) is 3. The Morgan fingerprint density at radius 1 is 1.11 bits per heavy atom. The van der Waals surface area contributed by atoms with Crippen molar-refractivity contribution >= 4 is 6.29 Å². The number of aromatic nitrogens is 2. The lowest BCUT2D eigenvalue weighted by atomic mass is 10.1. The van der Waals surface area contributed by atoms with E-state index in [1.807, 2.05) is 0 Å². The summed E-state index contributed by atoms with van der Waals surface area (Å²) in [4.78, 5) is 17.5. The number of carbonyl (C=O) groups excluding carboxylic acids is 1. The van der Waals surface area contributed by atoms with Crippen molar-refractivity contribution < 1.29 is 19.0 Å². The van der Waals surface area contributed by atoms with Gasteiger partial charge in [-0.05, 0) is 12.1 Å². The van der Waals surface area contributed by atoms with Crippen LogP contribution in [0.2, 0.25) is 0 Å². The number of nitrogens with zero attached hydrogens (tertiary/aromatic N) is 1. The summed E-state index contributed by atoms with van der Waals surface area (Å²) in [6.07, 6.45) is 2.30. The predicted molar refractivity (Wildman–Crippen MR) is 69.1 cm³/mol. The zero-order chi connectivity index (χ0) is 13.8. The van der Waals surface area contributed by atoms with Gasteiger partial charge in [0.1, 0.15) is 0 Å². The molecule has 0 saturated carbocycles. The monoisotopic (exact) mass is 262 g/mol. The van der Waals surface area contributed by atoms with E-state index in [1.54, 1.807) is 39.7 Å². The van der Waals surface area contributed by atoms with Crippen molar-refractivity contribution in [2.24, 2.45) is 0 Å². The van der Waals surface area contributed by atoms with E-state index < -0.39 is 0 Å². The predicted octanol–water partition coefficient (Wildman–Crippen LogP) is 1.91. The Morgan fingerprint density at radius 2 is 1.74 bits per heavy atom. The molecular formula is C13H14N2O4. The van der Waals surface area contributed by atoms with Crippen LogP contribution in [0.25, 0.3) is 11.3 Å². The molecule has 1 aromatic heterocycles. The van der Waals surface area contributed by atoms with E-state index in [2.05, 4.69) is 9.97 Å². The van der Waals surface area contributed by atoms with Gasteiger partial charge in [-0.1, -0.05) is 0 Å². The van der Waals surface area contributed by atoms with Gasteiger partial charge in [-0.3, -0.25) is 4.79 Å². The summed E-state index contributed by atoms with van der Waals surface area (Å²) in [5.74, 6) is 1.85. The highest BCUT2D eigenvalue weighted by atomic mass is 16.5. The highest BCUT2D eigenvalue weighted by Gasteiger charge is 2.15. The van der Waals surface area contributed by atoms with Gasteiger partial charge in [0.05, 0.1) is 27.0 Å². The van der Waals surface area contributed by atoms with E-state index in [9.17, 15) is 4.79 Å². The van der Waals surface area contributed by atoms with Crippen molar-refractivity contribution in [1.82, 2.24) is 9.97 Å². The van der Waals surface area contributed by atoms with Crippen LogP contribution >= 0.6 is 0 Å². The fourth-order valence-corrected chi connectivity index (χ4v) is 1.77. The summed E-state index contributed by atoms with van der Waals surface area (Å²) >= 11 is 0. The average molecular weight is 262 g/mol. The first-order chi connectivity index (χ1) is 9.23. The second-order valence-electron chi connectivity index (χ2n) is 3.70. The Balaban J connectivity index is 2.54. The van der Waals surface area contributed by atoms with Crippen LogP contribution in [0.3, 0.4) is 0 Å². The van der Waals surface area contributed by atoms with Gasteiger partial charge < -0.3 is 19.2 Å². The molecule has 0 spiro atoms. The second-order valence-corrected chi connectivity index (χ2v) is 3.70. The van der Waals surface area contributed by atoms with Crippen molar-refractivity contribution in [1.29, 1.82) is 0 Å². The Bertz CT molecular complexity index is 567. The van der Waals surface area contributed by atoms with E-state index in [4.69, 9.17) is 14.2 Å². The molecule has 0 radical (unpaired) electrons. The third-order valence-corrected chi connectivity index (χ3v) is 2.67. The summed E-state index contributed by atoms with van der Waals surface area (Å²) in [5.41, 5.74) is 1.39. The fraction of sp³-hybridized carbons (Fsp3) is 0.231. The number of hydrogen-bond acceptors (Lipinski definition) is 5. The summed E-state index contributed by atoms with van der Waals surface area (Å²) < 4.78 is 15.8. The molecular weight excluding hydrogens is 248 g/mol. The molecule has 1 N–H and O–H groups in total. The number of aldehydes is 1. The van der Waals surface area contributed by atoms with Crippen LogP contribution < -0.4 is 14.2 Å². The first-order valence-electron chi connectivity index (χ1n) is 5.54. The summed E-state index contributed by atoms with van der Waals surface area (Å²) in [6.45, 7) is 0. The number of nitrogens with one attached hydrogen (secondary N) is 1. The topological polar surface area (TPSA) is 73.4 Å². The minimum atomic E-state index is 0.267. The van der Waals surface area contributed by atoms with Gasteiger partial charge in [0.15, 0.2) is 23.6 Å². The third kappa shape index (κ3) is 2.37. The molecule has 0 unspecified atom stereocenters. The lowest BCUT2D eigenvalue weighted by Gasteiger charge is -2.13. The SMILES string of the molecule is COc1cc(-c2c[nH]c(C=O)n2)cc(OC)c1OC. The first-order valence-corrected chi connectivity index (χ1v) is 5.54. The van der Waals surface area contributed by atoms with Crippen LogP contribution in [0.1, 0.15) is 10.6 Å². The van der Waals surface area contributed by atoms with Crippen molar-refractivity contribution in [3.63, 3.8) is 0 Å². The van der Waals surface area contributed by atoms with E-state index in [-0.39, 0.29) is 5.82 Å². The highest BCUT2D eigenvalue weighted by Crippen LogP contribution is 2.40. The van der Waals surface area contributed by atoms with Gasteiger partial charge in [-0.15, -0.1) is 0 Å². The second kappa shape index (κ2) is 5.43. The number of aromatic amines is 1. The standard InChI is InChI=1S/C13H14N2O4/c1-17-10-4-8(5-11(18-2)13(10)19-3)9-6-14-12(7-16)15-9/h4-7H,1-3H3,(H,14,15). The van der Waals surface area contributed by atoms with Crippen molar-refractivity contribution in [3.8, 4) is 28.5 Å². The number of benzene rings is 1. The molecule has 2 aromatic rings. The largest absolute Gasteiger partial charge is 0.493 e. The third-order valence-electron chi connectivity index (χ3n) is 2.67. The molecule has 0 aliphatic carbocycles. The number of carbonyl (C=O) groups is 1. The molecule has 1 heterocycles. The normalized spacial score (nSPS) is 10.1. The minimum Gasteiger partial charge on any atom is -0.493 e. The number of hydrogen-bond donors (Lipinski definition) is 1. The Kier molecular flexibility index (Phi) is 3.70. The molecule has 0 saturated heterocycles. The van der Waals surface area contributed by atoms with Crippen LogP contribution in [0.5, 0.6) is 17.2 Å². The minimum absolute atomic E-state index is 0.267. The van der Waals surface area contributed by atoms with E-state index >= 15 is 0 Å². The van der Waals surface area contributed by atoms with Crippen molar-refractivity contribution in [2.75, 3.05) is 21.3 Å². The van der Waals surface area contributed by atoms with Gasteiger partial charge in [0.2, 0.25) is 5.75 Å². The molecule has 0 amide bonds. The van der Waals surface area contributed by atoms with Crippen molar-refractivity contribution in [2.45, 2.75) is 0 Å². The zero-order valence-corrected chi connectivity index (χ0v) is 10.9. The van der Waals surface area contributed by atoms with E-state index in [0.29, 0.717) is 29.2 Å². The Hall–Kier alpha value is -2.50. The van der Waals surface area contributed by atoms with Gasteiger partial charge in [-0.25, -0.2) is 4.98 Å². The molecule has 6 nitrogen and oxygen atoms in total. The fourth-order valence-electron chi connectivity index (χ4n) is 1.77. The van der Waals surface area contributed by atoms with Gasteiger partial charge in [0.25, 0.3) is 0 Å². The summed E-state index contributed by atoms with van der Waals surface area (Å²) in [6, 6.07) is 3.54. The average Bonchev–Trinajstić information content (AvgIpc) is 2.94. The number of H-pyrrole nitrogens is 1. The van der Waals surface area contributed by atoms with Crippen LogP contribution in [-0.2, 0) is 0 Å². The molecule has 0 aliphatic heterocycles. The lowest BCUT2D eigenvalue weighted by molar-refractivity contribution is 0.111. The van der Waals surface area contributed by atoms with E-state index in [1.165, 1.54) is 0 Å². The van der Waals surface area contributed by atoms with Crippen LogP contribution in [0.15, 0.2) is 18.3 Å². The van der Waals surface area contributed by atoms with Gasteiger partial charge in [0, 0.05) is 11.8 Å². The lowest BCUT2D eigenvalue weighted by Crippen LogP contribution is -1.95. The molecule has 0 aliphatic rings. The molecule has 0 atom stereocenters. The number of rotatable bonds is 5. The molecule has 0 fully saturated rings. The van der Waals surface area contributed by atoms with Crippen LogP contribution in [0.4, 0.5) is 0 Å². The van der Waals surface area contributed by atoms with Gasteiger partial charge in [-0.2, -0.15) is 0 Å². The maximum absolute atomic E-state index is 10.6. The van der Waals surface area contributed by atoms with Gasteiger partial charge >= 0.3 is 0 Å². The quantitative estimate of drug-likeness (QED) is 0.833. The zero-order valence-electron chi connectivity index (χ0n) is 10.9. The molecule has 19 heavy (non-hydrogen) atoms.